The topological polar surface area (TPSA) is 53.1 Å². The molecule has 3 rings (SSSR count). The van der Waals surface area contributed by atoms with Gasteiger partial charge in [0.15, 0.2) is 0 Å². The van der Waals surface area contributed by atoms with Gasteiger partial charge in [0.05, 0.1) is 31.1 Å². The lowest BCUT2D eigenvalue weighted by Crippen LogP contribution is -2.24. The predicted octanol–water partition coefficient (Wildman–Crippen LogP) is 1.96. The standard InChI is InChI=1S/C12H12FN3O.ClH/c13-9-3-1-2-4-11(9)16-12-7-17-6-10(14)8(12)5-15-16;/h1-5,10H,6-7,14H2;1H/t10-;/m1./s1. The van der Waals surface area contributed by atoms with Crippen LogP contribution in [0.25, 0.3) is 5.69 Å². The number of halogens is 2. The number of nitrogens with zero attached hydrogens (tertiary/aromatic N) is 2. The van der Waals surface area contributed by atoms with Crippen LogP contribution in [0.15, 0.2) is 30.5 Å². The molecule has 0 radical (unpaired) electrons. The second kappa shape index (κ2) is 5.06. The number of ether oxygens (including phenoxy) is 1. The largest absolute Gasteiger partial charge is 0.373 e. The van der Waals surface area contributed by atoms with Gasteiger partial charge in [0.1, 0.15) is 11.5 Å². The van der Waals surface area contributed by atoms with Crippen LogP contribution < -0.4 is 5.73 Å². The van der Waals surface area contributed by atoms with E-state index in [9.17, 15) is 4.39 Å². The van der Waals surface area contributed by atoms with Crippen molar-refractivity contribution in [2.24, 2.45) is 5.73 Å². The predicted molar refractivity (Wildman–Crippen MR) is 67.4 cm³/mol. The second-order valence-electron chi connectivity index (χ2n) is 4.03. The van der Waals surface area contributed by atoms with Gasteiger partial charge < -0.3 is 10.5 Å². The van der Waals surface area contributed by atoms with E-state index in [2.05, 4.69) is 5.10 Å². The van der Waals surface area contributed by atoms with Gasteiger partial charge in [0, 0.05) is 5.56 Å². The molecule has 0 spiro atoms. The molecule has 1 aromatic carbocycles. The number of rotatable bonds is 1. The van der Waals surface area contributed by atoms with E-state index < -0.39 is 0 Å². The fraction of sp³-hybridized carbons (Fsp3) is 0.250. The molecule has 0 aliphatic carbocycles. The molecule has 1 aliphatic heterocycles. The molecule has 0 bridgehead atoms. The van der Waals surface area contributed by atoms with Gasteiger partial charge in [-0.1, -0.05) is 12.1 Å². The molecule has 1 aliphatic rings. The van der Waals surface area contributed by atoms with Gasteiger partial charge in [-0.25, -0.2) is 9.07 Å². The highest BCUT2D eigenvalue weighted by atomic mass is 35.5. The van der Waals surface area contributed by atoms with Crippen molar-refractivity contribution in [3.8, 4) is 5.69 Å². The first-order chi connectivity index (χ1) is 8.27. The lowest BCUT2D eigenvalue weighted by molar-refractivity contribution is 0.0884. The highest BCUT2D eigenvalue weighted by Gasteiger charge is 2.23. The van der Waals surface area contributed by atoms with Crippen molar-refractivity contribution in [3.05, 3.63) is 47.5 Å². The average molecular weight is 270 g/mol. The number of fused-ring (bicyclic) bond motifs is 1. The quantitative estimate of drug-likeness (QED) is 0.861. The summed E-state index contributed by atoms with van der Waals surface area (Å²) in [6.45, 7) is 0.896. The minimum atomic E-state index is -0.308. The van der Waals surface area contributed by atoms with Gasteiger partial charge in [-0.15, -0.1) is 12.4 Å². The Hall–Kier alpha value is -1.43. The molecule has 18 heavy (non-hydrogen) atoms. The van der Waals surface area contributed by atoms with Crippen LogP contribution in [0.4, 0.5) is 4.39 Å². The molecule has 2 aromatic rings. The Labute approximate surface area is 110 Å². The van der Waals surface area contributed by atoms with Crippen LogP contribution in [0.2, 0.25) is 0 Å². The number of aromatic nitrogens is 2. The molecule has 2 N–H and O–H groups in total. The van der Waals surface area contributed by atoms with Crippen LogP contribution in [0, 0.1) is 5.82 Å². The van der Waals surface area contributed by atoms with E-state index in [1.54, 1.807) is 29.1 Å². The molecular formula is C12H13ClFN3O. The fourth-order valence-corrected chi connectivity index (χ4v) is 2.04. The average Bonchev–Trinajstić information content (AvgIpc) is 2.75. The number of benzene rings is 1. The Morgan fingerprint density at radius 1 is 1.39 bits per heavy atom. The summed E-state index contributed by atoms with van der Waals surface area (Å²) in [6.07, 6.45) is 1.69. The minimum absolute atomic E-state index is 0. The Balaban J connectivity index is 0.00000120. The Morgan fingerprint density at radius 3 is 2.94 bits per heavy atom. The van der Waals surface area contributed by atoms with Crippen LogP contribution >= 0.6 is 12.4 Å². The molecule has 6 heteroatoms. The van der Waals surface area contributed by atoms with E-state index in [1.165, 1.54) is 6.07 Å². The van der Waals surface area contributed by atoms with Crippen molar-refractivity contribution in [3.63, 3.8) is 0 Å². The number of hydrogen-bond acceptors (Lipinski definition) is 3. The zero-order valence-electron chi connectivity index (χ0n) is 9.54. The fourth-order valence-electron chi connectivity index (χ4n) is 2.04. The van der Waals surface area contributed by atoms with E-state index in [0.29, 0.717) is 18.9 Å². The van der Waals surface area contributed by atoms with Gasteiger partial charge in [0.2, 0.25) is 0 Å². The van der Waals surface area contributed by atoms with E-state index >= 15 is 0 Å². The molecule has 0 amide bonds. The van der Waals surface area contributed by atoms with Gasteiger partial charge in [0.25, 0.3) is 0 Å². The monoisotopic (exact) mass is 269 g/mol. The Morgan fingerprint density at radius 2 is 2.17 bits per heavy atom. The van der Waals surface area contributed by atoms with Crippen molar-refractivity contribution >= 4 is 12.4 Å². The van der Waals surface area contributed by atoms with Crippen LogP contribution in [0.1, 0.15) is 17.3 Å². The highest BCUT2D eigenvalue weighted by Crippen LogP contribution is 2.25. The SMILES string of the molecule is Cl.N[C@@H]1COCc2c1cnn2-c1ccccc1F. The molecule has 2 heterocycles. The van der Waals surface area contributed by atoms with Gasteiger partial charge in [-0.2, -0.15) is 5.10 Å². The van der Waals surface area contributed by atoms with Crippen molar-refractivity contribution in [1.82, 2.24) is 9.78 Å². The lowest BCUT2D eigenvalue weighted by Gasteiger charge is -2.20. The molecule has 0 saturated carbocycles. The summed E-state index contributed by atoms with van der Waals surface area (Å²) in [5, 5.41) is 4.20. The van der Waals surface area contributed by atoms with E-state index in [-0.39, 0.29) is 24.3 Å². The van der Waals surface area contributed by atoms with Crippen molar-refractivity contribution < 1.29 is 9.13 Å². The molecule has 0 fully saturated rings. The number of para-hydroxylation sites is 1. The first-order valence-electron chi connectivity index (χ1n) is 5.42. The smallest absolute Gasteiger partial charge is 0.148 e. The summed E-state index contributed by atoms with van der Waals surface area (Å²) in [5.41, 5.74) is 8.08. The van der Waals surface area contributed by atoms with E-state index in [4.69, 9.17) is 10.5 Å². The summed E-state index contributed by atoms with van der Waals surface area (Å²) in [4.78, 5) is 0. The van der Waals surface area contributed by atoms with Crippen molar-refractivity contribution in [1.29, 1.82) is 0 Å². The van der Waals surface area contributed by atoms with E-state index in [0.717, 1.165) is 11.3 Å². The van der Waals surface area contributed by atoms with Crippen LogP contribution in [0.3, 0.4) is 0 Å². The third kappa shape index (κ3) is 2.01. The van der Waals surface area contributed by atoms with Gasteiger partial charge in [-0.05, 0) is 12.1 Å². The molecule has 96 valence electrons. The maximum Gasteiger partial charge on any atom is 0.148 e. The molecule has 4 nitrogen and oxygen atoms in total. The summed E-state index contributed by atoms with van der Waals surface area (Å²) in [6, 6.07) is 6.34. The molecule has 0 saturated heterocycles. The third-order valence-electron chi connectivity index (χ3n) is 2.92. The summed E-state index contributed by atoms with van der Waals surface area (Å²) >= 11 is 0. The first-order valence-corrected chi connectivity index (χ1v) is 5.42. The molecular weight excluding hydrogens is 257 g/mol. The second-order valence-corrected chi connectivity index (χ2v) is 4.03. The molecule has 1 atom stereocenters. The normalized spacial score (nSPS) is 18.0. The zero-order chi connectivity index (χ0) is 11.8. The maximum absolute atomic E-state index is 13.7. The van der Waals surface area contributed by atoms with Crippen LogP contribution in [-0.4, -0.2) is 16.4 Å². The van der Waals surface area contributed by atoms with Gasteiger partial charge in [-0.3, -0.25) is 0 Å². The summed E-state index contributed by atoms with van der Waals surface area (Å²) < 4.78 is 20.6. The summed E-state index contributed by atoms with van der Waals surface area (Å²) in [5.74, 6) is -0.308. The third-order valence-corrected chi connectivity index (χ3v) is 2.92. The highest BCUT2D eigenvalue weighted by molar-refractivity contribution is 5.85. The number of nitrogens with two attached hydrogens (primary N) is 1. The van der Waals surface area contributed by atoms with Crippen molar-refractivity contribution in [2.45, 2.75) is 12.6 Å². The minimum Gasteiger partial charge on any atom is -0.373 e. The van der Waals surface area contributed by atoms with Crippen LogP contribution in [-0.2, 0) is 11.3 Å². The lowest BCUT2D eigenvalue weighted by atomic mass is 10.1. The molecule has 0 unspecified atom stereocenters. The Bertz CT molecular complexity index is 558. The van der Waals surface area contributed by atoms with Crippen molar-refractivity contribution in [2.75, 3.05) is 6.61 Å². The number of hydrogen-bond donors (Lipinski definition) is 1. The maximum atomic E-state index is 13.7. The Kier molecular flexibility index (Phi) is 3.65. The zero-order valence-corrected chi connectivity index (χ0v) is 10.4. The first kappa shape index (κ1) is 13.0. The summed E-state index contributed by atoms with van der Waals surface area (Å²) in [7, 11) is 0. The van der Waals surface area contributed by atoms with E-state index in [1.807, 2.05) is 0 Å². The molecule has 1 aromatic heterocycles. The van der Waals surface area contributed by atoms with Crippen LogP contribution in [0.5, 0.6) is 0 Å². The van der Waals surface area contributed by atoms with Gasteiger partial charge >= 0.3 is 0 Å².